The summed E-state index contributed by atoms with van der Waals surface area (Å²) in [4.78, 5) is 144. The molecule has 1 aliphatic carbocycles. The Kier molecular flexibility index (Phi) is 21.7. The van der Waals surface area contributed by atoms with Crippen LogP contribution in [0, 0.1) is 11.8 Å². The van der Waals surface area contributed by atoms with Crippen LogP contribution in [-0.4, -0.2) is 174 Å². The third kappa shape index (κ3) is 16.1. The Bertz CT molecular complexity index is 2240. The number of fused-ring (bicyclic) bond motifs is 2. The highest BCUT2D eigenvalue weighted by Gasteiger charge is 2.41. The van der Waals surface area contributed by atoms with Crippen LogP contribution in [0.5, 0.6) is 0 Å². The van der Waals surface area contributed by atoms with Crippen molar-refractivity contribution < 1.29 is 52.7 Å². The lowest BCUT2D eigenvalue weighted by molar-refractivity contribution is -0.155. The van der Waals surface area contributed by atoms with Gasteiger partial charge in [0.1, 0.15) is 18.1 Å². The molecule has 0 bridgehead atoms. The zero-order chi connectivity index (χ0) is 52.6. The van der Waals surface area contributed by atoms with E-state index in [0.29, 0.717) is 69.7 Å². The fraction of sp³-hybridized carbons (Fsp3) is 0.647. The lowest BCUT2D eigenvalue weighted by Crippen LogP contribution is -2.56. The SMILES string of the molecule is CN(C)CCCC[C@@H]1CC(=O)[C@H](CS)NC(=O)C[C@@H](C(=O)N2CCC[C@H]2C(N)=O)NC(=O)[C@H](CCCCNC(=O)[C@@H]2CSCN2)CC(=O)[C@@H]2CCCN2C(=O)COC(=O)[C@H](CC2=CCc3ccccc32)NC1=O. The van der Waals surface area contributed by atoms with E-state index < -0.39 is 108 Å². The average molecular weight is 1050 g/mol. The van der Waals surface area contributed by atoms with E-state index in [1.165, 1.54) is 9.80 Å². The Morgan fingerprint density at radius 1 is 0.849 bits per heavy atom. The van der Waals surface area contributed by atoms with Gasteiger partial charge in [-0.05, 0) is 95.1 Å². The van der Waals surface area contributed by atoms with Crippen molar-refractivity contribution in [2.75, 3.05) is 64.3 Å². The number of Topliss-reactive ketones (excluding diaryl/α,β-unsaturated/α-hetero) is 2. The first-order valence-corrected chi connectivity index (χ1v) is 27.5. The number of primary amides is 1. The monoisotopic (exact) mass is 1050 g/mol. The predicted octanol–water partition coefficient (Wildman–Crippen LogP) is 0.646. The lowest BCUT2D eigenvalue weighted by Gasteiger charge is -2.30. The Labute approximate surface area is 437 Å². The second-order valence-electron chi connectivity index (χ2n) is 20.0. The molecule has 7 amide bonds. The standard InChI is InChI=1S/C51H73N9O11S2/c1-58(2)20-8-6-13-33-24-42(61)38(28-72)55-44(63)26-36(50(69)60-22-10-16-41(60)46(52)65)56-47(66)34(12-5-7-19-53-49(68)39-29-73-30-54-39)25-43(62)40-15-9-21-59(40)45(64)27-71-51(70)37(57-48(33)67)23-32-18-17-31-11-3-4-14-35(31)32/h3-4,11,14,18,33-34,36-41,54,72H,5-10,12-13,15-17,19-30H2,1-2H3,(H2,52,65)(H,53,68)(H,55,63)(H,56,66)(H,57,67)/t33-,34-,36+,37+,38+,39+,40+,41+/m1/s1. The van der Waals surface area contributed by atoms with Crippen molar-refractivity contribution in [2.24, 2.45) is 17.6 Å². The molecule has 6 rings (SSSR count). The van der Waals surface area contributed by atoms with Crippen LogP contribution in [-0.2, 0) is 59.1 Å². The Balaban J connectivity index is 1.29. The van der Waals surface area contributed by atoms with Gasteiger partial charge in [-0.3, -0.25) is 48.5 Å². The lowest BCUT2D eigenvalue weighted by atomic mass is 9.91. The number of nitrogens with two attached hydrogens (primary N) is 1. The maximum atomic E-state index is 14.5. The summed E-state index contributed by atoms with van der Waals surface area (Å²) >= 11 is 6.01. The topological polar surface area (TPSA) is 276 Å². The van der Waals surface area contributed by atoms with E-state index in [1.807, 2.05) is 49.3 Å². The number of hydrogen-bond donors (Lipinski definition) is 7. The number of carbonyl (C=O) groups is 10. The van der Waals surface area contributed by atoms with Crippen LogP contribution in [0.15, 0.2) is 30.3 Å². The third-order valence-electron chi connectivity index (χ3n) is 14.4. The molecule has 20 nitrogen and oxygen atoms in total. The van der Waals surface area contributed by atoms with E-state index in [9.17, 15) is 47.9 Å². The molecule has 5 aliphatic rings. The summed E-state index contributed by atoms with van der Waals surface area (Å²) < 4.78 is 5.68. The first kappa shape index (κ1) is 57.0. The van der Waals surface area contributed by atoms with Gasteiger partial charge in [-0.2, -0.15) is 12.6 Å². The van der Waals surface area contributed by atoms with Crippen molar-refractivity contribution in [3.8, 4) is 0 Å². The molecule has 0 saturated carbocycles. The molecule has 7 N–H and O–H groups in total. The van der Waals surface area contributed by atoms with Crippen molar-refractivity contribution in [3.05, 3.63) is 41.5 Å². The molecular formula is C51H73N9O11S2. The van der Waals surface area contributed by atoms with Crippen molar-refractivity contribution in [1.29, 1.82) is 0 Å². The fourth-order valence-electron chi connectivity index (χ4n) is 10.3. The smallest absolute Gasteiger partial charge is 0.329 e. The minimum Gasteiger partial charge on any atom is -0.454 e. The maximum absolute atomic E-state index is 14.5. The molecule has 4 fully saturated rings. The molecule has 0 unspecified atom stereocenters. The summed E-state index contributed by atoms with van der Waals surface area (Å²) in [5, 5.41) is 14.3. The summed E-state index contributed by atoms with van der Waals surface area (Å²) in [7, 11) is 3.84. The molecule has 4 saturated heterocycles. The van der Waals surface area contributed by atoms with Crippen LogP contribution in [0.1, 0.15) is 101 Å². The van der Waals surface area contributed by atoms with Gasteiger partial charge in [0.25, 0.3) is 5.91 Å². The van der Waals surface area contributed by atoms with Crippen LogP contribution in [0.4, 0.5) is 0 Å². The number of amides is 7. The van der Waals surface area contributed by atoms with Crippen LogP contribution in [0.3, 0.4) is 0 Å². The van der Waals surface area contributed by atoms with E-state index in [0.717, 1.165) is 16.7 Å². The quantitative estimate of drug-likeness (QED) is 0.0681. The summed E-state index contributed by atoms with van der Waals surface area (Å²) in [6, 6.07) is 1.37. The van der Waals surface area contributed by atoms with Crippen molar-refractivity contribution in [2.45, 2.75) is 133 Å². The number of ether oxygens (including phenoxy) is 1. The number of likely N-dealkylation sites (tertiary alicyclic amines) is 1. The van der Waals surface area contributed by atoms with Crippen LogP contribution in [0.25, 0.3) is 5.57 Å². The normalized spacial score (nSPS) is 27.0. The number of thioether (sulfide) groups is 1. The van der Waals surface area contributed by atoms with E-state index in [-0.39, 0.29) is 75.7 Å². The number of ketones is 2. The highest BCUT2D eigenvalue weighted by Crippen LogP contribution is 2.31. The molecule has 1 aromatic carbocycles. The molecule has 8 atom stereocenters. The van der Waals surface area contributed by atoms with Crippen LogP contribution < -0.4 is 32.3 Å². The number of benzene rings is 1. The number of thiol groups is 1. The average Bonchev–Trinajstić information content (AvgIpc) is 4.22. The van der Waals surface area contributed by atoms with Gasteiger partial charge in [-0.25, -0.2) is 4.79 Å². The maximum Gasteiger partial charge on any atom is 0.329 e. The van der Waals surface area contributed by atoms with E-state index in [2.05, 4.69) is 39.2 Å². The molecule has 400 valence electrons. The van der Waals surface area contributed by atoms with E-state index in [1.54, 1.807) is 11.8 Å². The number of hydrogen-bond acceptors (Lipinski definition) is 15. The van der Waals surface area contributed by atoms with E-state index in [4.69, 9.17) is 10.5 Å². The zero-order valence-electron chi connectivity index (χ0n) is 42.0. The van der Waals surface area contributed by atoms with Crippen molar-refractivity contribution in [3.63, 3.8) is 0 Å². The van der Waals surface area contributed by atoms with Gasteiger partial charge in [0, 0.05) is 68.1 Å². The number of rotatable bonds is 16. The minimum absolute atomic E-state index is 0.0292. The first-order valence-electron chi connectivity index (χ1n) is 25.7. The number of nitrogens with one attached hydrogen (secondary N) is 5. The number of carbonyl (C=O) groups excluding carboxylic acids is 10. The van der Waals surface area contributed by atoms with Gasteiger partial charge < -0.3 is 46.4 Å². The number of unbranched alkanes of at least 4 members (excludes halogenated alkanes) is 2. The van der Waals surface area contributed by atoms with Crippen LogP contribution in [0.2, 0.25) is 0 Å². The predicted molar refractivity (Wildman–Crippen MR) is 276 cm³/mol. The van der Waals surface area contributed by atoms with Crippen molar-refractivity contribution >= 4 is 88.8 Å². The third-order valence-corrected chi connectivity index (χ3v) is 15.7. The Morgan fingerprint density at radius 3 is 2.27 bits per heavy atom. The molecule has 4 heterocycles. The molecule has 1 aromatic rings. The van der Waals surface area contributed by atoms with Gasteiger partial charge in [0.2, 0.25) is 35.4 Å². The summed E-state index contributed by atoms with van der Waals surface area (Å²) in [5.74, 6) is -7.15. The first-order chi connectivity index (χ1) is 35.0. The fourth-order valence-corrected chi connectivity index (χ4v) is 11.5. The second-order valence-corrected chi connectivity index (χ2v) is 21.4. The second kappa shape index (κ2) is 27.8. The number of esters is 1. The number of allylic oxidation sites excluding steroid dienone is 1. The summed E-state index contributed by atoms with van der Waals surface area (Å²) in [6.07, 6.45) is 5.16. The van der Waals surface area contributed by atoms with Gasteiger partial charge in [0.05, 0.1) is 24.5 Å². The highest BCUT2D eigenvalue weighted by molar-refractivity contribution is 7.99. The molecule has 73 heavy (non-hydrogen) atoms. The van der Waals surface area contributed by atoms with Crippen LogP contribution >= 0.6 is 24.4 Å². The molecule has 4 aliphatic heterocycles. The van der Waals surface area contributed by atoms with Gasteiger partial charge in [-0.15, -0.1) is 11.8 Å². The zero-order valence-corrected chi connectivity index (χ0v) is 43.7. The Morgan fingerprint density at radius 2 is 1.56 bits per heavy atom. The summed E-state index contributed by atoms with van der Waals surface area (Å²) in [5.41, 5.74) is 8.43. The number of cyclic esters (lactones) is 1. The molecule has 0 spiro atoms. The minimum atomic E-state index is -1.55. The molecular weight excluding hydrogens is 979 g/mol. The molecule has 0 radical (unpaired) electrons. The van der Waals surface area contributed by atoms with Gasteiger partial charge in [0.15, 0.2) is 18.2 Å². The summed E-state index contributed by atoms with van der Waals surface area (Å²) in [6.45, 7) is 0.601. The van der Waals surface area contributed by atoms with Gasteiger partial charge in [-0.1, -0.05) is 43.2 Å². The molecule has 0 aromatic heterocycles. The van der Waals surface area contributed by atoms with Crippen molar-refractivity contribution in [1.82, 2.24) is 41.3 Å². The largest absolute Gasteiger partial charge is 0.454 e. The highest BCUT2D eigenvalue weighted by atomic mass is 32.2. The van der Waals surface area contributed by atoms with Gasteiger partial charge >= 0.3 is 5.97 Å². The molecule has 22 heteroatoms. The Hall–Kier alpha value is -5.32. The van der Waals surface area contributed by atoms with E-state index >= 15 is 0 Å². The number of nitrogens with zero attached hydrogens (tertiary/aromatic N) is 3.